The fraction of sp³-hybridized carbons (Fsp3) is 0.722. The average Bonchev–Trinajstić information content (AvgIpc) is 2.92. The maximum absolute atomic E-state index is 12.5. The Morgan fingerprint density at radius 3 is 2.69 bits per heavy atom. The van der Waals surface area contributed by atoms with Crippen molar-refractivity contribution in [1.29, 1.82) is 0 Å². The molecule has 26 heavy (non-hydrogen) atoms. The zero-order valence-electron chi connectivity index (χ0n) is 16.0. The highest BCUT2D eigenvalue weighted by atomic mass is 16.5. The van der Waals surface area contributed by atoms with Crippen LogP contribution in [0.1, 0.15) is 46.5 Å². The molecule has 8 heteroatoms. The predicted octanol–water partition coefficient (Wildman–Crippen LogP) is 2.00. The molecule has 1 fully saturated rings. The second kappa shape index (κ2) is 8.07. The molecule has 0 radical (unpaired) electrons. The first kappa shape index (κ1) is 18.7. The Balaban J connectivity index is 1.84. The van der Waals surface area contributed by atoms with Gasteiger partial charge in [0.05, 0.1) is 6.10 Å². The van der Waals surface area contributed by atoms with Gasteiger partial charge in [0.2, 0.25) is 0 Å². The third kappa shape index (κ3) is 4.00. The quantitative estimate of drug-likeness (QED) is 0.781. The molecule has 0 spiro atoms. The summed E-state index contributed by atoms with van der Waals surface area (Å²) < 4.78 is 7.48. The first-order chi connectivity index (χ1) is 12.5. The summed E-state index contributed by atoms with van der Waals surface area (Å²) in [4.78, 5) is 26.4. The molecule has 0 saturated carbocycles. The molecular weight excluding hydrogens is 332 g/mol. The minimum absolute atomic E-state index is 0.00864. The highest BCUT2D eigenvalue weighted by Gasteiger charge is 2.22. The van der Waals surface area contributed by atoms with Gasteiger partial charge < -0.3 is 20.4 Å². The number of piperidine rings is 1. The molecule has 0 aliphatic carbocycles. The molecular formula is C18H30N6O2. The van der Waals surface area contributed by atoms with E-state index >= 15 is 0 Å². The molecule has 3 heterocycles. The van der Waals surface area contributed by atoms with Gasteiger partial charge >= 0.3 is 11.7 Å². The zero-order valence-corrected chi connectivity index (χ0v) is 16.0. The van der Waals surface area contributed by atoms with Crippen LogP contribution in [0.4, 0.5) is 5.82 Å². The molecule has 144 valence electrons. The Hall–Kier alpha value is -2.09. The van der Waals surface area contributed by atoms with Gasteiger partial charge in [0.15, 0.2) is 11.5 Å². The van der Waals surface area contributed by atoms with Crippen LogP contribution >= 0.6 is 0 Å². The zero-order chi connectivity index (χ0) is 18.7. The van der Waals surface area contributed by atoms with Crippen LogP contribution < -0.4 is 16.2 Å². The number of ether oxygens (including phenoxy) is 1. The maximum Gasteiger partial charge on any atom is 0.327 e. The van der Waals surface area contributed by atoms with E-state index in [1.165, 1.54) is 0 Å². The van der Waals surface area contributed by atoms with Gasteiger partial charge in [-0.2, -0.15) is 9.97 Å². The summed E-state index contributed by atoms with van der Waals surface area (Å²) in [6.45, 7) is 10.2. The normalized spacial score (nSPS) is 17.7. The highest BCUT2D eigenvalue weighted by Crippen LogP contribution is 2.23. The number of fused-ring (bicyclic) bond motifs is 1. The van der Waals surface area contributed by atoms with Crippen LogP contribution in [0.2, 0.25) is 0 Å². The van der Waals surface area contributed by atoms with Gasteiger partial charge in [0.25, 0.3) is 0 Å². The minimum Gasteiger partial charge on any atom is -0.460 e. The molecule has 3 N–H and O–H groups in total. The summed E-state index contributed by atoms with van der Waals surface area (Å²) in [6, 6.07) is 0.240. The fourth-order valence-corrected chi connectivity index (χ4v) is 3.64. The van der Waals surface area contributed by atoms with Crippen LogP contribution in [0.3, 0.4) is 0 Å². The molecule has 1 aliphatic heterocycles. The third-order valence-electron chi connectivity index (χ3n) is 5.23. The lowest BCUT2D eigenvalue weighted by Gasteiger charge is -2.30. The topological polar surface area (TPSA) is 102 Å². The number of rotatable bonds is 7. The highest BCUT2D eigenvalue weighted by molar-refractivity contribution is 5.81. The van der Waals surface area contributed by atoms with E-state index in [1.807, 2.05) is 6.92 Å². The van der Waals surface area contributed by atoms with E-state index in [-0.39, 0.29) is 23.6 Å². The molecule has 2 aromatic rings. The number of likely N-dealkylation sites (tertiary alicyclic amines) is 1. The number of H-pyrrole nitrogens is 1. The lowest BCUT2D eigenvalue weighted by Crippen LogP contribution is -2.35. The van der Waals surface area contributed by atoms with Crippen molar-refractivity contribution < 1.29 is 4.74 Å². The Morgan fingerprint density at radius 2 is 2.04 bits per heavy atom. The number of nitrogen functional groups attached to an aromatic ring is 1. The summed E-state index contributed by atoms with van der Waals surface area (Å²) in [6.07, 6.45) is 4.12. The summed E-state index contributed by atoms with van der Waals surface area (Å²) in [5.74, 6) is 0.722. The smallest absolute Gasteiger partial charge is 0.327 e. The van der Waals surface area contributed by atoms with Crippen molar-refractivity contribution in [3.63, 3.8) is 0 Å². The lowest BCUT2D eigenvalue weighted by molar-refractivity contribution is 0.180. The van der Waals surface area contributed by atoms with E-state index in [9.17, 15) is 4.79 Å². The Morgan fingerprint density at radius 1 is 1.31 bits per heavy atom. The number of nitrogens with one attached hydrogen (secondary N) is 1. The summed E-state index contributed by atoms with van der Waals surface area (Å²) >= 11 is 0. The summed E-state index contributed by atoms with van der Waals surface area (Å²) in [7, 11) is 0. The molecule has 0 aromatic carbocycles. The second-order valence-corrected chi connectivity index (χ2v) is 7.23. The van der Waals surface area contributed by atoms with Crippen molar-refractivity contribution in [2.24, 2.45) is 5.92 Å². The number of hydrogen-bond acceptors (Lipinski definition) is 6. The van der Waals surface area contributed by atoms with E-state index in [0.29, 0.717) is 23.6 Å². The van der Waals surface area contributed by atoms with Crippen molar-refractivity contribution in [2.45, 2.75) is 59.1 Å². The van der Waals surface area contributed by atoms with E-state index in [1.54, 1.807) is 4.57 Å². The molecule has 3 rings (SSSR count). The van der Waals surface area contributed by atoms with Crippen LogP contribution in [-0.4, -0.2) is 50.2 Å². The van der Waals surface area contributed by atoms with Gasteiger partial charge in [-0.3, -0.25) is 4.57 Å². The number of nitrogens with zero attached hydrogens (tertiary/aromatic N) is 4. The molecule has 8 nitrogen and oxygen atoms in total. The number of imidazole rings is 1. The van der Waals surface area contributed by atoms with Crippen LogP contribution in [0.5, 0.6) is 6.01 Å². The number of hydrogen-bond donors (Lipinski definition) is 2. The van der Waals surface area contributed by atoms with Gasteiger partial charge in [-0.15, -0.1) is 0 Å². The number of nitrogens with two attached hydrogens (primary N) is 1. The van der Waals surface area contributed by atoms with Crippen LogP contribution in [0, 0.1) is 5.92 Å². The van der Waals surface area contributed by atoms with Crippen molar-refractivity contribution in [3.05, 3.63) is 10.5 Å². The average molecular weight is 362 g/mol. The van der Waals surface area contributed by atoms with Crippen molar-refractivity contribution >= 4 is 17.0 Å². The molecule has 1 aliphatic rings. The van der Waals surface area contributed by atoms with Gasteiger partial charge in [-0.05, 0) is 51.7 Å². The Bertz CT molecular complexity index is 791. The molecule has 0 unspecified atom stereocenters. The maximum atomic E-state index is 12.5. The van der Waals surface area contributed by atoms with Crippen molar-refractivity contribution in [2.75, 3.05) is 25.4 Å². The molecule has 2 aromatic heterocycles. The van der Waals surface area contributed by atoms with Crippen LogP contribution in [0.15, 0.2) is 4.79 Å². The van der Waals surface area contributed by atoms with Crippen LogP contribution in [-0.2, 0) is 6.54 Å². The van der Waals surface area contributed by atoms with Gasteiger partial charge in [-0.1, -0.05) is 20.3 Å². The van der Waals surface area contributed by atoms with E-state index in [4.69, 9.17) is 10.5 Å². The standard InChI is InChI=1S/C18H30N6O2/c1-4-6-12(3)26-17-21-15(19)14-16(22-17)24(18(25)20-14)11-13-7-9-23(5-2)10-8-13/h12-13H,4-11H2,1-3H3,(H,20,25)(H2,19,21,22)/t12-/m0/s1. The molecule has 1 saturated heterocycles. The first-order valence-electron chi connectivity index (χ1n) is 9.66. The van der Waals surface area contributed by atoms with Gasteiger partial charge in [-0.25, -0.2) is 4.79 Å². The van der Waals surface area contributed by atoms with Crippen molar-refractivity contribution in [1.82, 2.24) is 24.4 Å². The van der Waals surface area contributed by atoms with Gasteiger partial charge in [0, 0.05) is 6.54 Å². The molecule has 0 amide bonds. The van der Waals surface area contributed by atoms with Gasteiger partial charge in [0.1, 0.15) is 5.52 Å². The molecule has 1 atom stereocenters. The Kier molecular flexibility index (Phi) is 5.80. The number of aromatic nitrogens is 4. The predicted molar refractivity (Wildman–Crippen MR) is 102 cm³/mol. The second-order valence-electron chi connectivity index (χ2n) is 7.23. The third-order valence-corrected chi connectivity index (χ3v) is 5.23. The molecule has 0 bridgehead atoms. The fourth-order valence-electron chi connectivity index (χ4n) is 3.64. The number of aromatic amines is 1. The summed E-state index contributed by atoms with van der Waals surface area (Å²) in [5, 5.41) is 0. The van der Waals surface area contributed by atoms with E-state index in [2.05, 4.69) is 33.7 Å². The lowest BCUT2D eigenvalue weighted by atomic mass is 9.97. The largest absolute Gasteiger partial charge is 0.460 e. The SMILES string of the molecule is CCC[C@H](C)Oc1nc(N)c2[nH]c(=O)n(CC3CCN(CC)CC3)c2n1. The number of anilines is 1. The minimum atomic E-state index is -0.183. The van der Waals surface area contributed by atoms with Crippen LogP contribution in [0.25, 0.3) is 11.2 Å². The first-order valence-corrected chi connectivity index (χ1v) is 9.66. The van der Waals surface area contributed by atoms with E-state index < -0.39 is 0 Å². The van der Waals surface area contributed by atoms with Crippen molar-refractivity contribution in [3.8, 4) is 6.01 Å². The Labute approximate surface area is 153 Å². The van der Waals surface area contributed by atoms with E-state index in [0.717, 1.165) is 45.3 Å². The summed E-state index contributed by atoms with van der Waals surface area (Å²) in [5.41, 5.74) is 6.89. The monoisotopic (exact) mass is 362 g/mol.